The third kappa shape index (κ3) is 4.56. The van der Waals surface area contributed by atoms with Crippen LogP contribution < -0.4 is 5.32 Å². The Labute approximate surface area is 198 Å². The van der Waals surface area contributed by atoms with E-state index in [2.05, 4.69) is 10.3 Å². The summed E-state index contributed by atoms with van der Waals surface area (Å²) in [7, 11) is 0. The van der Waals surface area contributed by atoms with Crippen LogP contribution in [0.15, 0.2) is 61.1 Å². The van der Waals surface area contributed by atoms with Crippen molar-refractivity contribution in [3.8, 4) is 0 Å². The van der Waals surface area contributed by atoms with Crippen LogP contribution in [0.1, 0.15) is 49.2 Å². The van der Waals surface area contributed by atoms with E-state index < -0.39 is 17.5 Å². The maximum absolute atomic E-state index is 14.0. The molecule has 4 aromatic rings. The summed E-state index contributed by atoms with van der Waals surface area (Å²) >= 11 is 1.46. The average Bonchev–Trinajstić information content (AvgIpc) is 3.53. The predicted octanol–water partition coefficient (Wildman–Crippen LogP) is 4.62. The highest BCUT2D eigenvalue weighted by atomic mass is 32.1. The molecule has 0 atom stereocenters. The Bertz CT molecular complexity index is 1360. The number of aromatic nitrogens is 2. The molecule has 9 heteroatoms. The van der Waals surface area contributed by atoms with Gasteiger partial charge in [-0.3, -0.25) is 9.59 Å². The van der Waals surface area contributed by atoms with E-state index in [0.717, 1.165) is 34.3 Å². The molecule has 2 amide bonds. The lowest BCUT2D eigenvalue weighted by molar-refractivity contribution is 0.0708. The molecule has 3 aromatic heterocycles. The molecule has 0 spiro atoms. The highest BCUT2D eigenvalue weighted by Gasteiger charge is 2.27. The van der Waals surface area contributed by atoms with E-state index in [-0.39, 0.29) is 17.4 Å². The zero-order valence-corrected chi connectivity index (χ0v) is 19.0. The van der Waals surface area contributed by atoms with Gasteiger partial charge in [-0.15, -0.1) is 11.3 Å². The van der Waals surface area contributed by atoms with Gasteiger partial charge in [-0.05, 0) is 66.8 Å². The smallest absolute Gasteiger partial charge is 0.261 e. The van der Waals surface area contributed by atoms with Gasteiger partial charge < -0.3 is 14.6 Å². The van der Waals surface area contributed by atoms with Crippen molar-refractivity contribution < 1.29 is 18.4 Å². The highest BCUT2D eigenvalue weighted by molar-refractivity contribution is 7.14. The second kappa shape index (κ2) is 9.34. The Morgan fingerprint density at radius 3 is 2.71 bits per heavy atom. The minimum absolute atomic E-state index is 0.131. The number of piperidine rings is 1. The molecule has 0 radical (unpaired) electrons. The van der Waals surface area contributed by atoms with E-state index >= 15 is 0 Å². The third-order valence-electron chi connectivity index (χ3n) is 6.11. The number of hydrogen-bond donors (Lipinski definition) is 1. The molecule has 4 heterocycles. The molecule has 1 aliphatic heterocycles. The molecular weight excluding hydrogens is 458 g/mol. The Hall–Kier alpha value is -3.59. The summed E-state index contributed by atoms with van der Waals surface area (Å²) in [6, 6.07) is 10.6. The fourth-order valence-electron chi connectivity index (χ4n) is 4.22. The number of nitrogens with one attached hydrogen (secondary N) is 1. The normalized spacial score (nSPS) is 14.5. The minimum Gasteiger partial charge on any atom is -0.347 e. The number of carbonyl (C=O) groups excluding carboxylic acids is 2. The van der Waals surface area contributed by atoms with Gasteiger partial charge in [-0.1, -0.05) is 0 Å². The molecule has 0 bridgehead atoms. The number of halogens is 2. The minimum atomic E-state index is -0.716. The molecule has 1 fully saturated rings. The van der Waals surface area contributed by atoms with Crippen molar-refractivity contribution >= 4 is 28.8 Å². The van der Waals surface area contributed by atoms with E-state index in [4.69, 9.17) is 0 Å². The molecule has 1 aromatic carbocycles. The monoisotopic (exact) mass is 480 g/mol. The number of benzene rings is 1. The van der Waals surface area contributed by atoms with E-state index in [9.17, 15) is 18.4 Å². The van der Waals surface area contributed by atoms with Crippen LogP contribution in [-0.4, -0.2) is 39.2 Å². The van der Waals surface area contributed by atoms with E-state index in [0.29, 0.717) is 37.4 Å². The number of carbonyl (C=O) groups is 2. The van der Waals surface area contributed by atoms with Crippen LogP contribution in [0.25, 0.3) is 5.65 Å². The van der Waals surface area contributed by atoms with Gasteiger partial charge in [0, 0.05) is 43.1 Å². The molecule has 1 saturated heterocycles. The van der Waals surface area contributed by atoms with Crippen LogP contribution in [-0.2, 0) is 6.54 Å². The van der Waals surface area contributed by atoms with Crippen LogP contribution in [0.2, 0.25) is 0 Å². The van der Waals surface area contributed by atoms with Gasteiger partial charge in [-0.25, -0.2) is 13.8 Å². The van der Waals surface area contributed by atoms with Gasteiger partial charge in [0.15, 0.2) is 0 Å². The molecular formula is C25H22F2N4O2S. The van der Waals surface area contributed by atoms with E-state index in [1.165, 1.54) is 11.3 Å². The number of imidazole rings is 1. The van der Waals surface area contributed by atoms with Crippen molar-refractivity contribution in [1.29, 1.82) is 0 Å². The molecule has 1 N–H and O–H groups in total. The van der Waals surface area contributed by atoms with Crippen molar-refractivity contribution in [2.24, 2.45) is 0 Å². The summed E-state index contributed by atoms with van der Waals surface area (Å²) < 4.78 is 29.3. The summed E-state index contributed by atoms with van der Waals surface area (Å²) in [6.45, 7) is 1.32. The summed E-state index contributed by atoms with van der Waals surface area (Å²) in [6.07, 6.45) is 6.91. The fraction of sp³-hybridized carbons (Fsp3) is 0.240. The van der Waals surface area contributed by atoms with Crippen LogP contribution in [0.5, 0.6) is 0 Å². The zero-order valence-electron chi connectivity index (χ0n) is 18.2. The first-order chi connectivity index (χ1) is 16.5. The molecule has 34 heavy (non-hydrogen) atoms. The second-order valence-corrected chi connectivity index (χ2v) is 9.42. The van der Waals surface area contributed by atoms with Crippen molar-refractivity contribution in [1.82, 2.24) is 19.6 Å². The molecule has 0 unspecified atom stereocenters. The number of thiophene rings is 1. The van der Waals surface area contributed by atoms with Crippen molar-refractivity contribution in [3.63, 3.8) is 0 Å². The highest BCUT2D eigenvalue weighted by Crippen LogP contribution is 2.33. The average molecular weight is 481 g/mol. The van der Waals surface area contributed by atoms with Crippen LogP contribution in [0.4, 0.5) is 8.78 Å². The third-order valence-corrected chi connectivity index (χ3v) is 7.36. The number of likely N-dealkylation sites (tertiary alicyclic amines) is 1. The van der Waals surface area contributed by atoms with Crippen LogP contribution >= 0.6 is 11.3 Å². The SMILES string of the molecule is O=C(NCc1ccn2ccnc2c1)c1ccc(C2CCN(C(=O)c3cc(F)ccc3F)CC2)s1. The number of rotatable bonds is 5. The van der Waals surface area contributed by atoms with Gasteiger partial charge in [0.25, 0.3) is 11.8 Å². The quantitative estimate of drug-likeness (QED) is 0.453. The second-order valence-electron chi connectivity index (χ2n) is 8.30. The lowest BCUT2D eigenvalue weighted by Gasteiger charge is -2.31. The molecule has 174 valence electrons. The first kappa shape index (κ1) is 22.2. The van der Waals surface area contributed by atoms with Gasteiger partial charge >= 0.3 is 0 Å². The molecule has 0 aliphatic carbocycles. The Kier molecular flexibility index (Phi) is 6.10. The van der Waals surface area contributed by atoms with Gasteiger partial charge in [-0.2, -0.15) is 0 Å². The summed E-state index contributed by atoms with van der Waals surface area (Å²) in [4.78, 5) is 32.8. The largest absolute Gasteiger partial charge is 0.347 e. The number of hydrogen-bond acceptors (Lipinski definition) is 4. The van der Waals surface area contributed by atoms with Gasteiger partial charge in [0.1, 0.15) is 17.3 Å². The topological polar surface area (TPSA) is 66.7 Å². The summed E-state index contributed by atoms with van der Waals surface area (Å²) in [5.41, 5.74) is 1.56. The Morgan fingerprint density at radius 2 is 1.88 bits per heavy atom. The number of amides is 2. The first-order valence-corrected chi connectivity index (χ1v) is 11.8. The molecule has 1 aliphatic rings. The Morgan fingerprint density at radius 1 is 1.06 bits per heavy atom. The van der Waals surface area contributed by atoms with Gasteiger partial charge in [0.2, 0.25) is 0 Å². The standard InChI is InChI=1S/C25H22F2N4O2S/c26-18-1-2-20(27)19(14-18)25(33)31-10-6-17(7-11-31)21-3-4-22(34-21)24(32)29-15-16-5-9-30-12-8-28-23(30)13-16/h1-5,8-9,12-14,17H,6-7,10-11,15H2,(H,29,32). The lowest BCUT2D eigenvalue weighted by atomic mass is 9.95. The maximum Gasteiger partial charge on any atom is 0.261 e. The lowest BCUT2D eigenvalue weighted by Crippen LogP contribution is -2.38. The van der Waals surface area contributed by atoms with Crippen molar-refractivity contribution in [2.75, 3.05) is 13.1 Å². The Balaban J connectivity index is 1.17. The summed E-state index contributed by atoms with van der Waals surface area (Å²) in [5.74, 6) is -1.75. The zero-order chi connectivity index (χ0) is 23.7. The van der Waals surface area contributed by atoms with Gasteiger partial charge in [0.05, 0.1) is 10.4 Å². The van der Waals surface area contributed by atoms with E-state index in [1.807, 2.05) is 41.1 Å². The fourth-order valence-corrected chi connectivity index (χ4v) is 5.32. The number of fused-ring (bicyclic) bond motifs is 1. The maximum atomic E-state index is 14.0. The van der Waals surface area contributed by atoms with Crippen molar-refractivity contribution in [3.05, 3.63) is 93.6 Å². The number of nitrogens with zero attached hydrogens (tertiary/aromatic N) is 3. The van der Waals surface area contributed by atoms with Crippen LogP contribution in [0, 0.1) is 11.6 Å². The molecule has 6 nitrogen and oxygen atoms in total. The predicted molar refractivity (Wildman–Crippen MR) is 125 cm³/mol. The van der Waals surface area contributed by atoms with Crippen LogP contribution in [0.3, 0.4) is 0 Å². The first-order valence-electron chi connectivity index (χ1n) is 11.0. The number of pyridine rings is 1. The molecule has 5 rings (SSSR count). The van der Waals surface area contributed by atoms with Crippen molar-refractivity contribution in [2.45, 2.75) is 25.3 Å². The summed E-state index contributed by atoms with van der Waals surface area (Å²) in [5, 5.41) is 2.95. The van der Waals surface area contributed by atoms with E-state index in [1.54, 1.807) is 11.1 Å². The molecule has 0 saturated carbocycles.